The molecule has 0 spiro atoms. The minimum absolute atomic E-state index is 0.0211. The summed E-state index contributed by atoms with van der Waals surface area (Å²) >= 11 is 0. The van der Waals surface area contributed by atoms with E-state index < -0.39 is 0 Å². The standard InChI is InChI=1S/C13H23N3O2/c1-6-13(4,5)15-12(17)9-18-11-7-14-16(8-11)10(2)3/h7-8,10H,6,9H2,1-5H3,(H,15,17). The molecule has 102 valence electrons. The zero-order chi connectivity index (χ0) is 13.8. The second-order valence-corrected chi connectivity index (χ2v) is 5.32. The van der Waals surface area contributed by atoms with Crippen molar-refractivity contribution in [1.29, 1.82) is 0 Å². The number of hydrogen-bond acceptors (Lipinski definition) is 3. The van der Waals surface area contributed by atoms with Gasteiger partial charge in [0, 0.05) is 11.6 Å². The molecule has 0 unspecified atom stereocenters. The zero-order valence-corrected chi connectivity index (χ0v) is 11.9. The van der Waals surface area contributed by atoms with Crippen LogP contribution < -0.4 is 10.1 Å². The van der Waals surface area contributed by atoms with E-state index in [4.69, 9.17) is 4.74 Å². The highest BCUT2D eigenvalue weighted by Crippen LogP contribution is 2.12. The van der Waals surface area contributed by atoms with Crippen LogP contribution in [0.2, 0.25) is 0 Å². The Morgan fingerprint density at radius 2 is 2.22 bits per heavy atom. The van der Waals surface area contributed by atoms with Gasteiger partial charge in [-0.3, -0.25) is 9.48 Å². The Bertz CT molecular complexity index is 397. The van der Waals surface area contributed by atoms with Gasteiger partial charge in [0.1, 0.15) is 0 Å². The Morgan fingerprint density at radius 3 is 2.72 bits per heavy atom. The van der Waals surface area contributed by atoms with Crippen molar-refractivity contribution in [2.45, 2.75) is 52.6 Å². The predicted molar refractivity (Wildman–Crippen MR) is 70.6 cm³/mol. The van der Waals surface area contributed by atoms with Crippen molar-refractivity contribution in [3.63, 3.8) is 0 Å². The van der Waals surface area contributed by atoms with Gasteiger partial charge in [-0.15, -0.1) is 0 Å². The summed E-state index contributed by atoms with van der Waals surface area (Å²) in [4.78, 5) is 11.7. The lowest BCUT2D eigenvalue weighted by atomic mass is 10.0. The van der Waals surface area contributed by atoms with Crippen LogP contribution in [0.1, 0.15) is 47.1 Å². The number of carbonyl (C=O) groups is 1. The van der Waals surface area contributed by atoms with Crippen LogP contribution in [-0.2, 0) is 4.79 Å². The molecular weight excluding hydrogens is 230 g/mol. The molecule has 0 atom stereocenters. The lowest BCUT2D eigenvalue weighted by molar-refractivity contribution is -0.124. The molecule has 0 saturated carbocycles. The average molecular weight is 253 g/mol. The lowest BCUT2D eigenvalue weighted by Gasteiger charge is -2.24. The van der Waals surface area contributed by atoms with Gasteiger partial charge in [-0.05, 0) is 34.1 Å². The second kappa shape index (κ2) is 5.89. The minimum atomic E-state index is -0.192. The van der Waals surface area contributed by atoms with Gasteiger partial charge >= 0.3 is 0 Å². The van der Waals surface area contributed by atoms with E-state index in [1.807, 2.05) is 34.6 Å². The fourth-order valence-electron chi connectivity index (χ4n) is 1.33. The van der Waals surface area contributed by atoms with Crippen molar-refractivity contribution >= 4 is 5.91 Å². The third-order valence-electron chi connectivity index (χ3n) is 2.84. The fraction of sp³-hybridized carbons (Fsp3) is 0.692. The maximum absolute atomic E-state index is 11.7. The lowest BCUT2D eigenvalue weighted by Crippen LogP contribution is -2.44. The van der Waals surface area contributed by atoms with E-state index in [1.54, 1.807) is 17.1 Å². The van der Waals surface area contributed by atoms with E-state index in [9.17, 15) is 4.79 Å². The van der Waals surface area contributed by atoms with Crippen molar-refractivity contribution in [2.24, 2.45) is 0 Å². The van der Waals surface area contributed by atoms with E-state index in [1.165, 1.54) is 0 Å². The van der Waals surface area contributed by atoms with E-state index in [2.05, 4.69) is 10.4 Å². The molecule has 5 heteroatoms. The monoisotopic (exact) mass is 253 g/mol. The van der Waals surface area contributed by atoms with Gasteiger partial charge in [0.05, 0.1) is 12.4 Å². The minimum Gasteiger partial charge on any atom is -0.480 e. The van der Waals surface area contributed by atoms with Gasteiger partial charge in [0.15, 0.2) is 12.4 Å². The Hall–Kier alpha value is -1.52. The highest BCUT2D eigenvalue weighted by Gasteiger charge is 2.18. The van der Waals surface area contributed by atoms with Crippen LogP contribution in [-0.4, -0.2) is 27.8 Å². The molecular formula is C13H23N3O2. The molecule has 18 heavy (non-hydrogen) atoms. The molecule has 0 aromatic carbocycles. The summed E-state index contributed by atoms with van der Waals surface area (Å²) in [6.07, 6.45) is 4.30. The van der Waals surface area contributed by atoms with Gasteiger partial charge < -0.3 is 10.1 Å². The number of ether oxygens (including phenoxy) is 1. The third-order valence-corrected chi connectivity index (χ3v) is 2.84. The molecule has 0 bridgehead atoms. The first-order chi connectivity index (χ1) is 8.34. The van der Waals surface area contributed by atoms with E-state index >= 15 is 0 Å². The molecule has 0 saturated heterocycles. The summed E-state index contributed by atoms with van der Waals surface area (Å²) in [5.74, 6) is 0.507. The van der Waals surface area contributed by atoms with Crippen LogP contribution >= 0.6 is 0 Å². The van der Waals surface area contributed by atoms with Gasteiger partial charge in [-0.2, -0.15) is 5.10 Å². The summed E-state index contributed by atoms with van der Waals surface area (Å²) in [5.41, 5.74) is -0.192. The smallest absolute Gasteiger partial charge is 0.258 e. The Labute approximate surface area is 109 Å². The van der Waals surface area contributed by atoms with Crippen molar-refractivity contribution in [2.75, 3.05) is 6.61 Å². The van der Waals surface area contributed by atoms with Crippen molar-refractivity contribution in [3.05, 3.63) is 12.4 Å². The quantitative estimate of drug-likeness (QED) is 0.845. The van der Waals surface area contributed by atoms with Crippen molar-refractivity contribution in [1.82, 2.24) is 15.1 Å². The number of rotatable bonds is 6. The number of amides is 1. The molecule has 1 rings (SSSR count). The van der Waals surface area contributed by atoms with Crippen LogP contribution in [0.5, 0.6) is 5.75 Å². The van der Waals surface area contributed by atoms with Gasteiger partial charge in [-0.1, -0.05) is 6.92 Å². The molecule has 5 nitrogen and oxygen atoms in total. The maximum atomic E-state index is 11.7. The summed E-state index contributed by atoms with van der Waals surface area (Å²) in [6.45, 7) is 10.1. The summed E-state index contributed by atoms with van der Waals surface area (Å²) in [6, 6.07) is 0.287. The topological polar surface area (TPSA) is 56.1 Å². The third kappa shape index (κ3) is 4.39. The molecule has 1 aromatic heterocycles. The van der Waals surface area contributed by atoms with Crippen LogP contribution in [0.25, 0.3) is 0 Å². The molecule has 0 fully saturated rings. The van der Waals surface area contributed by atoms with Crippen molar-refractivity contribution < 1.29 is 9.53 Å². The number of nitrogens with one attached hydrogen (secondary N) is 1. The molecule has 0 aliphatic carbocycles. The van der Waals surface area contributed by atoms with Crippen molar-refractivity contribution in [3.8, 4) is 5.75 Å². The summed E-state index contributed by atoms with van der Waals surface area (Å²) in [5, 5.41) is 7.06. The maximum Gasteiger partial charge on any atom is 0.258 e. The van der Waals surface area contributed by atoms with Gasteiger partial charge in [0.2, 0.25) is 0 Å². The SMILES string of the molecule is CCC(C)(C)NC(=O)COc1cnn(C(C)C)c1. The number of hydrogen-bond donors (Lipinski definition) is 1. The number of carbonyl (C=O) groups excluding carboxylic acids is 1. The fourth-order valence-corrected chi connectivity index (χ4v) is 1.33. The van der Waals surface area contributed by atoms with E-state index in [0.29, 0.717) is 5.75 Å². The van der Waals surface area contributed by atoms with Crippen LogP contribution in [0.15, 0.2) is 12.4 Å². The first-order valence-corrected chi connectivity index (χ1v) is 6.32. The highest BCUT2D eigenvalue weighted by atomic mass is 16.5. The Morgan fingerprint density at radius 1 is 1.56 bits per heavy atom. The highest BCUT2D eigenvalue weighted by molar-refractivity contribution is 5.78. The first kappa shape index (κ1) is 14.5. The molecule has 0 aliphatic rings. The zero-order valence-electron chi connectivity index (χ0n) is 11.9. The average Bonchev–Trinajstić information content (AvgIpc) is 2.74. The number of nitrogens with zero attached hydrogens (tertiary/aromatic N) is 2. The summed E-state index contributed by atoms with van der Waals surface area (Å²) < 4.78 is 7.19. The Kier molecular flexibility index (Phi) is 4.76. The molecule has 1 amide bonds. The van der Waals surface area contributed by atoms with E-state index in [-0.39, 0.29) is 24.1 Å². The second-order valence-electron chi connectivity index (χ2n) is 5.32. The largest absolute Gasteiger partial charge is 0.480 e. The molecule has 0 radical (unpaired) electrons. The van der Waals surface area contributed by atoms with Crippen LogP contribution in [0.3, 0.4) is 0 Å². The van der Waals surface area contributed by atoms with E-state index in [0.717, 1.165) is 6.42 Å². The van der Waals surface area contributed by atoms with Gasteiger partial charge in [-0.25, -0.2) is 0 Å². The molecule has 1 heterocycles. The Balaban J connectivity index is 2.42. The normalized spacial score (nSPS) is 11.7. The molecule has 0 aliphatic heterocycles. The number of aromatic nitrogens is 2. The van der Waals surface area contributed by atoms with Gasteiger partial charge in [0.25, 0.3) is 5.91 Å². The van der Waals surface area contributed by atoms with Crippen LogP contribution in [0, 0.1) is 0 Å². The van der Waals surface area contributed by atoms with Crippen LogP contribution in [0.4, 0.5) is 0 Å². The molecule has 1 aromatic rings. The summed E-state index contributed by atoms with van der Waals surface area (Å²) in [7, 11) is 0. The first-order valence-electron chi connectivity index (χ1n) is 6.32. The molecule has 1 N–H and O–H groups in total. The predicted octanol–water partition coefficient (Wildman–Crippen LogP) is 2.15.